The van der Waals surface area contributed by atoms with E-state index in [9.17, 15) is 4.79 Å². The van der Waals surface area contributed by atoms with Gasteiger partial charge in [0.1, 0.15) is 5.75 Å². The molecule has 3 aromatic rings. The van der Waals surface area contributed by atoms with Gasteiger partial charge >= 0.3 is 6.03 Å². The van der Waals surface area contributed by atoms with Crippen LogP contribution in [0.25, 0.3) is 11.3 Å². The fourth-order valence-corrected chi connectivity index (χ4v) is 4.14. The number of hydrogen-bond acceptors (Lipinski definition) is 6. The summed E-state index contributed by atoms with van der Waals surface area (Å²) < 4.78 is 6.11. The largest absolute Gasteiger partial charge is 0.496 e. The Morgan fingerprint density at radius 3 is 2.80 bits per heavy atom. The summed E-state index contributed by atoms with van der Waals surface area (Å²) in [6, 6.07) is 6.91. The van der Waals surface area contributed by atoms with E-state index in [4.69, 9.17) is 22.1 Å². The van der Waals surface area contributed by atoms with Crippen LogP contribution < -0.4 is 15.8 Å². The number of nitrogens with zero attached hydrogens (tertiary/aromatic N) is 4. The Bertz CT molecular complexity index is 1140. The normalized spacial score (nSPS) is 12.6. The standard InChI is InChI=1S/C20H18BrClN6O2/c1-10-3-4-11(7-24-10)25-20(29)28-8-13-16(9-28)26-19(23)27-18(13)12-5-17(30-2)14(21)6-15(12)22/h3-7H,8-9H2,1-2H3,(H,25,29)(H2,23,26,27). The topological polar surface area (TPSA) is 106 Å². The number of anilines is 2. The summed E-state index contributed by atoms with van der Waals surface area (Å²) >= 11 is 9.90. The van der Waals surface area contributed by atoms with E-state index in [1.165, 1.54) is 0 Å². The third kappa shape index (κ3) is 3.90. The number of amides is 2. The Kier molecular flexibility index (Phi) is 5.48. The summed E-state index contributed by atoms with van der Waals surface area (Å²) in [5.41, 5.74) is 10.2. The van der Waals surface area contributed by atoms with Crippen molar-refractivity contribution in [3.63, 3.8) is 0 Å². The Morgan fingerprint density at radius 1 is 1.30 bits per heavy atom. The third-order valence-electron chi connectivity index (χ3n) is 4.75. The number of fused-ring (bicyclic) bond motifs is 1. The number of halogens is 2. The van der Waals surface area contributed by atoms with Crippen molar-refractivity contribution in [3.05, 3.63) is 56.9 Å². The van der Waals surface area contributed by atoms with Gasteiger partial charge in [-0.15, -0.1) is 0 Å². The summed E-state index contributed by atoms with van der Waals surface area (Å²) in [7, 11) is 1.57. The van der Waals surface area contributed by atoms with Gasteiger partial charge in [-0.05, 0) is 47.1 Å². The number of urea groups is 1. The quantitative estimate of drug-likeness (QED) is 0.565. The van der Waals surface area contributed by atoms with Crippen LogP contribution in [-0.2, 0) is 13.1 Å². The number of methoxy groups -OCH3 is 1. The first-order valence-electron chi connectivity index (χ1n) is 9.03. The van der Waals surface area contributed by atoms with Crippen molar-refractivity contribution < 1.29 is 9.53 Å². The highest BCUT2D eigenvalue weighted by atomic mass is 79.9. The fourth-order valence-electron chi connectivity index (χ4n) is 3.25. The molecule has 1 aliphatic heterocycles. The van der Waals surface area contributed by atoms with Crippen molar-refractivity contribution in [1.29, 1.82) is 0 Å². The monoisotopic (exact) mass is 488 g/mol. The molecule has 4 rings (SSSR count). The second-order valence-corrected chi connectivity index (χ2v) is 8.06. The summed E-state index contributed by atoms with van der Waals surface area (Å²) in [5.74, 6) is 0.728. The number of nitrogen functional groups attached to an aromatic ring is 1. The minimum atomic E-state index is -0.261. The van der Waals surface area contributed by atoms with Gasteiger partial charge in [0, 0.05) is 16.8 Å². The highest BCUT2D eigenvalue weighted by Gasteiger charge is 2.29. The fraction of sp³-hybridized carbons (Fsp3) is 0.200. The maximum absolute atomic E-state index is 12.8. The van der Waals surface area contributed by atoms with Crippen molar-refractivity contribution >= 4 is 45.2 Å². The molecular formula is C20H18BrClN6O2. The van der Waals surface area contributed by atoms with Gasteiger partial charge in [-0.3, -0.25) is 4.98 Å². The molecule has 0 atom stereocenters. The summed E-state index contributed by atoms with van der Waals surface area (Å²) in [5, 5.41) is 3.33. The van der Waals surface area contributed by atoms with Crippen LogP contribution in [0.15, 0.2) is 34.9 Å². The molecule has 3 heterocycles. The molecule has 3 N–H and O–H groups in total. The van der Waals surface area contributed by atoms with Crippen LogP contribution in [0.2, 0.25) is 5.02 Å². The van der Waals surface area contributed by atoms with Gasteiger partial charge in [-0.2, -0.15) is 0 Å². The number of carbonyl (C=O) groups is 1. The molecule has 1 aromatic carbocycles. The number of rotatable bonds is 3. The third-order valence-corrected chi connectivity index (χ3v) is 5.68. The molecule has 0 radical (unpaired) electrons. The van der Waals surface area contributed by atoms with Crippen molar-refractivity contribution in [3.8, 4) is 17.0 Å². The van der Waals surface area contributed by atoms with Crippen molar-refractivity contribution in [2.75, 3.05) is 18.2 Å². The maximum atomic E-state index is 12.8. The van der Waals surface area contributed by atoms with Gasteiger partial charge in [-0.1, -0.05) is 11.6 Å². The molecular weight excluding hydrogens is 472 g/mol. The number of nitrogens with one attached hydrogen (secondary N) is 1. The zero-order valence-corrected chi connectivity index (χ0v) is 18.6. The maximum Gasteiger partial charge on any atom is 0.322 e. The SMILES string of the molecule is COc1cc(-c2nc(N)nc3c2CN(C(=O)Nc2ccc(C)nc2)C3)c(Cl)cc1Br. The summed E-state index contributed by atoms with van der Waals surface area (Å²) in [6.07, 6.45) is 1.62. The van der Waals surface area contributed by atoms with Crippen LogP contribution in [0.5, 0.6) is 5.75 Å². The van der Waals surface area contributed by atoms with Crippen LogP contribution in [0, 0.1) is 6.92 Å². The molecule has 0 aliphatic carbocycles. The average Bonchev–Trinajstić information content (AvgIpc) is 3.13. The first kappa shape index (κ1) is 20.4. The second kappa shape index (κ2) is 8.08. The number of aryl methyl sites for hydroxylation is 1. The van der Waals surface area contributed by atoms with E-state index in [2.05, 4.69) is 36.2 Å². The van der Waals surface area contributed by atoms with E-state index < -0.39 is 0 Å². The van der Waals surface area contributed by atoms with Crippen LogP contribution in [-0.4, -0.2) is 33.0 Å². The average molecular weight is 490 g/mol. The van der Waals surface area contributed by atoms with Crippen molar-refractivity contribution in [2.45, 2.75) is 20.0 Å². The van der Waals surface area contributed by atoms with Crippen LogP contribution in [0.1, 0.15) is 17.0 Å². The number of aromatic nitrogens is 3. The van der Waals surface area contributed by atoms with E-state index in [-0.39, 0.29) is 12.0 Å². The predicted molar refractivity (Wildman–Crippen MR) is 118 cm³/mol. The first-order valence-corrected chi connectivity index (χ1v) is 10.2. The Balaban J connectivity index is 1.65. The van der Waals surface area contributed by atoms with Gasteiger partial charge in [0.05, 0.1) is 53.0 Å². The number of hydrogen-bond donors (Lipinski definition) is 2. The highest BCUT2D eigenvalue weighted by molar-refractivity contribution is 9.10. The smallest absolute Gasteiger partial charge is 0.322 e. The Morgan fingerprint density at radius 2 is 2.10 bits per heavy atom. The molecule has 0 spiro atoms. The molecule has 0 saturated heterocycles. The van der Waals surface area contributed by atoms with E-state index in [1.807, 2.05) is 13.0 Å². The molecule has 8 nitrogen and oxygen atoms in total. The number of nitrogens with two attached hydrogens (primary N) is 1. The number of ether oxygens (including phenoxy) is 1. The zero-order chi connectivity index (χ0) is 21.4. The molecule has 30 heavy (non-hydrogen) atoms. The van der Waals surface area contributed by atoms with Gasteiger partial charge in [0.25, 0.3) is 0 Å². The zero-order valence-electron chi connectivity index (χ0n) is 16.2. The van der Waals surface area contributed by atoms with Gasteiger partial charge < -0.3 is 20.7 Å². The second-order valence-electron chi connectivity index (χ2n) is 6.80. The van der Waals surface area contributed by atoms with E-state index in [0.29, 0.717) is 46.5 Å². The first-order chi connectivity index (χ1) is 14.4. The predicted octanol–water partition coefficient (Wildman–Crippen LogP) is 4.40. The molecule has 0 bridgehead atoms. The molecule has 0 fully saturated rings. The van der Waals surface area contributed by atoms with E-state index in [1.54, 1.807) is 36.4 Å². The lowest BCUT2D eigenvalue weighted by molar-refractivity contribution is 0.212. The number of carbonyl (C=O) groups excluding carboxylic acids is 1. The van der Waals surface area contributed by atoms with Crippen LogP contribution in [0.3, 0.4) is 0 Å². The molecule has 2 aromatic heterocycles. The van der Waals surface area contributed by atoms with Crippen molar-refractivity contribution in [2.24, 2.45) is 0 Å². The lowest BCUT2D eigenvalue weighted by Crippen LogP contribution is -2.30. The van der Waals surface area contributed by atoms with E-state index in [0.717, 1.165) is 15.7 Å². The van der Waals surface area contributed by atoms with Crippen LogP contribution >= 0.6 is 27.5 Å². The van der Waals surface area contributed by atoms with Gasteiger partial charge in [-0.25, -0.2) is 14.8 Å². The molecule has 0 unspecified atom stereocenters. The molecule has 0 saturated carbocycles. The molecule has 2 amide bonds. The molecule has 154 valence electrons. The minimum absolute atomic E-state index is 0.117. The molecule has 1 aliphatic rings. The Hall–Kier alpha value is -2.91. The van der Waals surface area contributed by atoms with Gasteiger partial charge in [0.2, 0.25) is 5.95 Å². The highest BCUT2D eigenvalue weighted by Crippen LogP contribution is 2.39. The Labute approximate surface area is 186 Å². The summed E-state index contributed by atoms with van der Waals surface area (Å²) in [4.78, 5) is 27.3. The lowest BCUT2D eigenvalue weighted by atomic mass is 10.1. The number of pyridine rings is 1. The van der Waals surface area contributed by atoms with E-state index >= 15 is 0 Å². The minimum Gasteiger partial charge on any atom is -0.496 e. The molecule has 10 heteroatoms. The van der Waals surface area contributed by atoms with Gasteiger partial charge in [0.15, 0.2) is 0 Å². The van der Waals surface area contributed by atoms with Crippen LogP contribution in [0.4, 0.5) is 16.4 Å². The summed E-state index contributed by atoms with van der Waals surface area (Å²) in [6.45, 7) is 2.52. The number of benzene rings is 1. The van der Waals surface area contributed by atoms with Crippen molar-refractivity contribution in [1.82, 2.24) is 19.9 Å². The lowest BCUT2D eigenvalue weighted by Gasteiger charge is -2.16.